The number of halogens is 2. The zero-order valence-corrected chi connectivity index (χ0v) is 19.2. The number of amides is 1. The van der Waals surface area contributed by atoms with Crippen LogP contribution in [-0.4, -0.2) is 93.3 Å². The molecule has 0 spiro atoms. The second-order valence-electron chi connectivity index (χ2n) is 7.73. The number of likely N-dealkylation sites (tertiary alicyclic amines) is 1. The van der Waals surface area contributed by atoms with Gasteiger partial charge in [0.05, 0.1) is 17.5 Å². The van der Waals surface area contributed by atoms with Gasteiger partial charge in [-0.25, -0.2) is 0 Å². The van der Waals surface area contributed by atoms with E-state index in [1.54, 1.807) is 13.2 Å². The lowest BCUT2D eigenvalue weighted by molar-refractivity contribution is -0.205. The largest absolute Gasteiger partial charge is 0.388 e. The van der Waals surface area contributed by atoms with E-state index in [4.69, 9.17) is 16.3 Å². The van der Waals surface area contributed by atoms with E-state index in [0.717, 1.165) is 25.8 Å². The third-order valence-electron chi connectivity index (χ3n) is 5.63. The summed E-state index contributed by atoms with van der Waals surface area (Å²) in [6.45, 7) is 4.74. The highest BCUT2D eigenvalue weighted by Crippen LogP contribution is 2.31. The molecular formula is C18H34Cl2N2O5S. The van der Waals surface area contributed by atoms with Gasteiger partial charge in [0.1, 0.15) is 29.9 Å². The summed E-state index contributed by atoms with van der Waals surface area (Å²) in [6.07, 6.45) is -0.0980. The SMILES string of the molecule is CCC[C@H]1C[C@H](C(=O)N[C@H]([C@H]2O[C@H](SC)[C@H](O)[C@@H](O)[C@H]2O)[C@H](C)Cl)N(C)C1.Cl. The molecule has 0 bridgehead atoms. The highest BCUT2D eigenvalue weighted by Gasteiger charge is 2.48. The van der Waals surface area contributed by atoms with Gasteiger partial charge in [0.25, 0.3) is 0 Å². The van der Waals surface area contributed by atoms with Crippen molar-refractivity contribution >= 4 is 41.7 Å². The second-order valence-corrected chi connectivity index (χ2v) is 9.36. The Labute approximate surface area is 182 Å². The molecule has 28 heavy (non-hydrogen) atoms. The highest BCUT2D eigenvalue weighted by atomic mass is 35.5. The molecule has 10 heteroatoms. The van der Waals surface area contributed by atoms with Crippen LogP contribution in [0.3, 0.4) is 0 Å². The summed E-state index contributed by atoms with van der Waals surface area (Å²) in [7, 11) is 1.94. The molecule has 7 nitrogen and oxygen atoms in total. The molecule has 2 aliphatic rings. The van der Waals surface area contributed by atoms with Crippen molar-refractivity contribution in [1.29, 1.82) is 0 Å². The number of rotatable bonds is 7. The van der Waals surface area contributed by atoms with E-state index in [-0.39, 0.29) is 24.4 Å². The van der Waals surface area contributed by atoms with E-state index in [2.05, 4.69) is 12.2 Å². The number of likely N-dealkylation sites (N-methyl/N-ethyl adjacent to an activating group) is 1. The fourth-order valence-corrected chi connectivity index (χ4v) is 5.00. The summed E-state index contributed by atoms with van der Waals surface area (Å²) in [5.41, 5.74) is -0.702. The molecular weight excluding hydrogens is 427 g/mol. The molecule has 2 fully saturated rings. The summed E-state index contributed by atoms with van der Waals surface area (Å²) >= 11 is 7.55. The number of aliphatic hydroxyl groups is 3. The predicted molar refractivity (Wildman–Crippen MR) is 114 cm³/mol. The first kappa shape index (κ1) is 26.2. The zero-order chi connectivity index (χ0) is 20.3. The first-order valence-electron chi connectivity index (χ1n) is 9.58. The lowest BCUT2D eigenvalue weighted by Crippen LogP contribution is -2.65. The van der Waals surface area contributed by atoms with Crippen LogP contribution in [0.1, 0.15) is 33.1 Å². The quantitative estimate of drug-likeness (QED) is 0.416. The average Bonchev–Trinajstić information content (AvgIpc) is 2.99. The Morgan fingerprint density at radius 3 is 2.50 bits per heavy atom. The fraction of sp³-hybridized carbons (Fsp3) is 0.944. The number of aliphatic hydroxyl groups excluding tert-OH is 3. The molecule has 4 N–H and O–H groups in total. The Bertz CT molecular complexity index is 503. The van der Waals surface area contributed by atoms with Crippen LogP contribution in [-0.2, 0) is 9.53 Å². The number of ether oxygens (including phenoxy) is 1. The molecule has 2 aliphatic heterocycles. The van der Waals surface area contributed by atoms with Crippen LogP contribution < -0.4 is 5.32 Å². The van der Waals surface area contributed by atoms with E-state index < -0.39 is 41.3 Å². The van der Waals surface area contributed by atoms with Gasteiger partial charge in [0.2, 0.25) is 5.91 Å². The lowest BCUT2D eigenvalue weighted by Gasteiger charge is -2.44. The molecule has 0 aromatic heterocycles. The van der Waals surface area contributed by atoms with E-state index >= 15 is 0 Å². The summed E-state index contributed by atoms with van der Waals surface area (Å²) in [6, 6.07) is -0.934. The van der Waals surface area contributed by atoms with Crippen molar-refractivity contribution in [1.82, 2.24) is 10.2 Å². The van der Waals surface area contributed by atoms with Crippen molar-refractivity contribution in [2.75, 3.05) is 19.8 Å². The average molecular weight is 461 g/mol. The number of carbonyl (C=O) groups excluding carboxylic acids is 1. The maximum absolute atomic E-state index is 12.9. The van der Waals surface area contributed by atoms with Crippen molar-refractivity contribution in [3.05, 3.63) is 0 Å². The molecule has 1 amide bonds. The Balaban J connectivity index is 0.00000392. The van der Waals surface area contributed by atoms with E-state index in [0.29, 0.717) is 5.92 Å². The minimum Gasteiger partial charge on any atom is -0.388 e. The molecule has 0 aromatic carbocycles. The molecule has 2 saturated heterocycles. The summed E-state index contributed by atoms with van der Waals surface area (Å²) in [5, 5.41) is 33.0. The number of hydrogen-bond donors (Lipinski definition) is 4. The highest BCUT2D eigenvalue weighted by molar-refractivity contribution is 7.99. The van der Waals surface area contributed by atoms with Gasteiger partial charge >= 0.3 is 0 Å². The van der Waals surface area contributed by atoms with Gasteiger partial charge in [-0.05, 0) is 39.0 Å². The van der Waals surface area contributed by atoms with E-state index in [1.807, 2.05) is 11.9 Å². The third-order valence-corrected chi connectivity index (χ3v) is 6.76. The molecule has 2 heterocycles. The van der Waals surface area contributed by atoms with Gasteiger partial charge in [-0.1, -0.05) is 13.3 Å². The summed E-state index contributed by atoms with van der Waals surface area (Å²) < 4.78 is 5.79. The second kappa shape index (κ2) is 11.6. The number of nitrogens with one attached hydrogen (secondary N) is 1. The normalized spacial score (nSPS) is 38.5. The number of alkyl halides is 1. The number of carbonyl (C=O) groups is 1. The Kier molecular flexibility index (Phi) is 10.8. The zero-order valence-electron chi connectivity index (χ0n) is 16.8. The molecule has 166 valence electrons. The first-order chi connectivity index (χ1) is 12.7. The smallest absolute Gasteiger partial charge is 0.237 e. The van der Waals surface area contributed by atoms with E-state index in [1.165, 1.54) is 11.8 Å². The molecule has 0 unspecified atom stereocenters. The van der Waals surface area contributed by atoms with Crippen LogP contribution in [0.2, 0.25) is 0 Å². The summed E-state index contributed by atoms with van der Waals surface area (Å²) in [4.78, 5) is 14.9. The van der Waals surface area contributed by atoms with Gasteiger partial charge in [-0.15, -0.1) is 35.8 Å². The molecule has 0 saturated carbocycles. The summed E-state index contributed by atoms with van der Waals surface area (Å²) in [5.74, 6) is 0.350. The molecule has 0 radical (unpaired) electrons. The standard InChI is InChI=1S/C18H33ClN2O5S.ClH/c1-5-6-10-7-11(21(3)8-10)17(25)20-12(9(2)19)16-14(23)13(22)15(24)18(26-16)27-4;/h9-16,18,22-24H,5-8H2,1-4H3,(H,20,25);1H/t9-,10-,11+,12-,13-,14+,15+,16+,18+;/m0./s1. The van der Waals surface area contributed by atoms with Crippen molar-refractivity contribution in [3.8, 4) is 0 Å². The monoisotopic (exact) mass is 460 g/mol. The van der Waals surface area contributed by atoms with Crippen molar-refractivity contribution in [2.45, 2.75) is 80.4 Å². The van der Waals surface area contributed by atoms with E-state index in [9.17, 15) is 20.1 Å². The Morgan fingerprint density at radius 2 is 1.96 bits per heavy atom. The fourth-order valence-electron chi connectivity index (χ4n) is 4.11. The van der Waals surface area contributed by atoms with Crippen LogP contribution in [0.25, 0.3) is 0 Å². The Morgan fingerprint density at radius 1 is 1.32 bits per heavy atom. The van der Waals surface area contributed by atoms with Gasteiger partial charge < -0.3 is 25.4 Å². The Hall–Kier alpha value is 0.200. The van der Waals surface area contributed by atoms with Gasteiger partial charge in [-0.2, -0.15) is 0 Å². The minimum atomic E-state index is -1.36. The maximum Gasteiger partial charge on any atom is 0.237 e. The lowest BCUT2D eigenvalue weighted by atomic mass is 9.92. The van der Waals surface area contributed by atoms with Gasteiger partial charge in [0.15, 0.2) is 0 Å². The van der Waals surface area contributed by atoms with Crippen molar-refractivity contribution in [2.24, 2.45) is 5.92 Å². The molecule has 0 aliphatic carbocycles. The number of hydrogen-bond acceptors (Lipinski definition) is 7. The molecule has 9 atom stereocenters. The third kappa shape index (κ3) is 5.88. The van der Waals surface area contributed by atoms with Crippen LogP contribution in [0.15, 0.2) is 0 Å². The minimum absolute atomic E-state index is 0. The van der Waals surface area contributed by atoms with Crippen LogP contribution in [0.5, 0.6) is 0 Å². The molecule has 0 aromatic rings. The van der Waals surface area contributed by atoms with Crippen molar-refractivity contribution < 1.29 is 24.9 Å². The first-order valence-corrected chi connectivity index (χ1v) is 11.3. The van der Waals surface area contributed by atoms with Crippen LogP contribution in [0, 0.1) is 5.92 Å². The number of thioether (sulfide) groups is 1. The topological polar surface area (TPSA) is 102 Å². The van der Waals surface area contributed by atoms with Gasteiger partial charge in [0, 0.05) is 6.54 Å². The van der Waals surface area contributed by atoms with Gasteiger partial charge in [-0.3, -0.25) is 9.69 Å². The van der Waals surface area contributed by atoms with Crippen LogP contribution in [0.4, 0.5) is 0 Å². The molecule has 2 rings (SSSR count). The predicted octanol–water partition coefficient (Wildman–Crippen LogP) is 0.811. The van der Waals surface area contributed by atoms with Crippen molar-refractivity contribution in [3.63, 3.8) is 0 Å². The number of nitrogens with zero attached hydrogens (tertiary/aromatic N) is 1. The maximum atomic E-state index is 12.9. The van der Waals surface area contributed by atoms with Crippen LogP contribution >= 0.6 is 35.8 Å².